The van der Waals surface area contributed by atoms with Crippen molar-refractivity contribution in [2.75, 3.05) is 0 Å². The van der Waals surface area contributed by atoms with Gasteiger partial charge in [-0.2, -0.15) is 0 Å². The van der Waals surface area contributed by atoms with Crippen molar-refractivity contribution >= 4 is 8.07 Å². The number of rotatable bonds is 4. The van der Waals surface area contributed by atoms with E-state index in [0.717, 1.165) is 0 Å². The number of terminal acetylenes is 4. The molecule has 0 aliphatic carbocycles. The van der Waals surface area contributed by atoms with Crippen LogP contribution in [-0.2, 0) is 0 Å². The van der Waals surface area contributed by atoms with E-state index < -0.39 is 8.07 Å². The zero-order chi connectivity index (χ0) is 10.2. The monoisotopic (exact) mass is 184 g/mol. The fourth-order valence-corrected chi connectivity index (χ4v) is 3.72. The minimum absolute atomic E-state index is 0.686. The molecule has 1 heteroatoms. The van der Waals surface area contributed by atoms with Crippen molar-refractivity contribution in [2.45, 2.75) is 24.2 Å². The van der Waals surface area contributed by atoms with Crippen molar-refractivity contribution in [3.63, 3.8) is 0 Å². The lowest BCUT2D eigenvalue weighted by molar-refractivity contribution is 1.37. The summed E-state index contributed by atoms with van der Waals surface area (Å²) in [5.74, 6) is 10.6. The lowest BCUT2D eigenvalue weighted by Gasteiger charge is -2.22. The molecule has 0 bridgehead atoms. The molecule has 0 nitrogen and oxygen atoms in total. The lowest BCUT2D eigenvalue weighted by Crippen LogP contribution is -2.31. The Bertz CT molecular complexity index is 241. The molecule has 0 rings (SSSR count). The van der Waals surface area contributed by atoms with Gasteiger partial charge in [0.1, 0.15) is 8.07 Å². The molecule has 0 aromatic heterocycles. The van der Waals surface area contributed by atoms with Gasteiger partial charge in [0.25, 0.3) is 0 Å². The minimum atomic E-state index is -1.74. The maximum absolute atomic E-state index is 5.28. The Balaban J connectivity index is 4.66. The Labute approximate surface area is 82.1 Å². The fourth-order valence-electron chi connectivity index (χ4n) is 1.24. The third-order valence-corrected chi connectivity index (χ3v) is 5.72. The van der Waals surface area contributed by atoms with Crippen LogP contribution >= 0.6 is 0 Å². The highest BCUT2D eigenvalue weighted by Crippen LogP contribution is 2.23. The van der Waals surface area contributed by atoms with E-state index in [1.54, 1.807) is 0 Å². The van der Waals surface area contributed by atoms with E-state index >= 15 is 0 Å². The van der Waals surface area contributed by atoms with E-state index in [4.69, 9.17) is 25.7 Å². The summed E-state index contributed by atoms with van der Waals surface area (Å²) < 4.78 is 0. The second kappa shape index (κ2) is 6.03. The van der Waals surface area contributed by atoms with Crippen LogP contribution in [-0.4, -0.2) is 8.07 Å². The van der Waals surface area contributed by atoms with Crippen LogP contribution in [0.2, 0.25) is 24.2 Å². The minimum Gasteiger partial charge on any atom is -0.120 e. The van der Waals surface area contributed by atoms with Gasteiger partial charge in [0.05, 0.1) is 0 Å². The molecule has 0 N–H and O–H groups in total. The molecule has 0 heterocycles. The molecular formula is C12H12Si. The van der Waals surface area contributed by atoms with Crippen LogP contribution < -0.4 is 0 Å². The number of hydrogen-bond acceptors (Lipinski definition) is 0. The molecular weight excluding hydrogens is 172 g/mol. The average molecular weight is 184 g/mol. The summed E-state index contributed by atoms with van der Waals surface area (Å²) in [4.78, 5) is 0. The lowest BCUT2D eigenvalue weighted by atomic mass is 10.8. The van der Waals surface area contributed by atoms with Crippen molar-refractivity contribution in [1.82, 2.24) is 0 Å². The van der Waals surface area contributed by atoms with E-state index in [-0.39, 0.29) is 0 Å². The van der Waals surface area contributed by atoms with Crippen LogP contribution in [0.4, 0.5) is 0 Å². The van der Waals surface area contributed by atoms with E-state index in [2.05, 4.69) is 23.7 Å². The van der Waals surface area contributed by atoms with Crippen molar-refractivity contribution in [2.24, 2.45) is 0 Å². The van der Waals surface area contributed by atoms with Gasteiger partial charge in [-0.15, -0.1) is 49.4 Å². The van der Waals surface area contributed by atoms with Crippen LogP contribution in [0.15, 0.2) is 0 Å². The molecule has 0 saturated carbocycles. The summed E-state index contributed by atoms with van der Waals surface area (Å²) in [6, 6.07) is 2.74. The molecule has 0 spiro atoms. The van der Waals surface area contributed by atoms with E-state index in [0.29, 0.717) is 24.2 Å². The van der Waals surface area contributed by atoms with Gasteiger partial charge in [-0.1, -0.05) is 0 Å². The van der Waals surface area contributed by atoms with Gasteiger partial charge in [0.2, 0.25) is 0 Å². The Morgan fingerprint density at radius 1 is 0.615 bits per heavy atom. The van der Waals surface area contributed by atoms with Gasteiger partial charge >= 0.3 is 0 Å². The molecule has 0 aromatic rings. The van der Waals surface area contributed by atoms with Crippen LogP contribution in [0.3, 0.4) is 0 Å². The molecule has 13 heavy (non-hydrogen) atoms. The summed E-state index contributed by atoms with van der Waals surface area (Å²) in [5.41, 5.74) is 0. The first-order valence-corrected chi connectivity index (χ1v) is 6.81. The zero-order valence-corrected chi connectivity index (χ0v) is 8.64. The van der Waals surface area contributed by atoms with E-state index in [9.17, 15) is 0 Å². The molecule has 0 aliphatic heterocycles. The van der Waals surface area contributed by atoms with Crippen molar-refractivity contribution < 1.29 is 0 Å². The molecule has 0 aliphatic rings. The summed E-state index contributed by atoms with van der Waals surface area (Å²) in [6.07, 6.45) is 21.1. The summed E-state index contributed by atoms with van der Waals surface area (Å²) in [6.45, 7) is 0. The molecule has 0 aromatic carbocycles. The second-order valence-electron chi connectivity index (χ2n) is 3.02. The van der Waals surface area contributed by atoms with Crippen molar-refractivity contribution in [1.29, 1.82) is 0 Å². The predicted octanol–water partition coefficient (Wildman–Crippen LogP) is 1.97. The third kappa shape index (κ3) is 3.58. The number of hydrogen-bond donors (Lipinski definition) is 0. The fraction of sp³-hybridized carbons (Fsp3) is 0.333. The topological polar surface area (TPSA) is 0 Å². The van der Waals surface area contributed by atoms with Gasteiger partial charge in [-0.3, -0.25) is 0 Å². The average Bonchev–Trinajstić information content (AvgIpc) is 2.06. The maximum Gasteiger partial charge on any atom is 0.103 e. The highest BCUT2D eigenvalue weighted by atomic mass is 28.3. The van der Waals surface area contributed by atoms with Gasteiger partial charge < -0.3 is 0 Å². The Morgan fingerprint density at radius 3 is 1.00 bits per heavy atom. The van der Waals surface area contributed by atoms with Gasteiger partial charge in [-0.05, 0) is 0 Å². The summed E-state index contributed by atoms with van der Waals surface area (Å²) in [5, 5.41) is 0. The summed E-state index contributed by atoms with van der Waals surface area (Å²) in [7, 11) is -1.74. The van der Waals surface area contributed by atoms with Crippen molar-refractivity contribution in [3.05, 3.63) is 0 Å². The van der Waals surface area contributed by atoms with E-state index in [1.165, 1.54) is 0 Å². The van der Waals surface area contributed by atoms with Gasteiger partial charge in [0.15, 0.2) is 0 Å². The molecule has 0 atom stereocenters. The molecule has 0 amide bonds. The SMILES string of the molecule is C#CC[Si](CC#C)(CC#C)CC#C. The summed E-state index contributed by atoms with van der Waals surface area (Å²) >= 11 is 0. The Kier molecular flexibility index (Phi) is 5.31. The predicted molar refractivity (Wildman–Crippen MR) is 60.3 cm³/mol. The highest BCUT2D eigenvalue weighted by Gasteiger charge is 2.29. The second-order valence-corrected chi connectivity index (χ2v) is 7.44. The van der Waals surface area contributed by atoms with E-state index in [1.807, 2.05) is 0 Å². The van der Waals surface area contributed by atoms with Crippen LogP contribution in [0.5, 0.6) is 0 Å². The van der Waals surface area contributed by atoms with Gasteiger partial charge in [0, 0.05) is 24.2 Å². The molecule has 0 fully saturated rings. The van der Waals surface area contributed by atoms with Crippen LogP contribution in [0.25, 0.3) is 0 Å². The zero-order valence-electron chi connectivity index (χ0n) is 7.64. The third-order valence-electron chi connectivity index (χ3n) is 1.91. The Hall–Kier alpha value is -1.54. The normalized spacial score (nSPS) is 8.92. The van der Waals surface area contributed by atoms with Crippen molar-refractivity contribution in [3.8, 4) is 49.4 Å². The van der Waals surface area contributed by atoms with Crippen LogP contribution in [0.1, 0.15) is 0 Å². The first kappa shape index (κ1) is 11.5. The maximum atomic E-state index is 5.28. The first-order chi connectivity index (χ1) is 6.24. The largest absolute Gasteiger partial charge is 0.120 e. The van der Waals surface area contributed by atoms with Gasteiger partial charge in [-0.25, -0.2) is 0 Å². The standard InChI is InChI=1S/C12H12Si/c1-5-9-13(10-6-2,11-7-3)12-8-4/h1-4H,9-12H2. The van der Waals surface area contributed by atoms with Crippen LogP contribution in [0, 0.1) is 49.4 Å². The smallest absolute Gasteiger partial charge is 0.103 e. The molecule has 0 unspecified atom stereocenters. The molecule has 64 valence electrons. The molecule has 0 radical (unpaired) electrons. The molecule has 0 saturated heterocycles. The highest BCUT2D eigenvalue weighted by molar-refractivity contribution is 6.82. The first-order valence-electron chi connectivity index (χ1n) is 3.98. The Morgan fingerprint density at radius 2 is 0.846 bits per heavy atom. The quantitative estimate of drug-likeness (QED) is 0.463.